The van der Waals surface area contributed by atoms with Gasteiger partial charge in [0.25, 0.3) is 0 Å². The molecule has 0 saturated heterocycles. The molecule has 5 nitrogen and oxygen atoms in total. The van der Waals surface area contributed by atoms with Gasteiger partial charge < -0.3 is 10.1 Å². The predicted molar refractivity (Wildman–Crippen MR) is 72.0 cm³/mol. The van der Waals surface area contributed by atoms with Gasteiger partial charge in [-0.15, -0.1) is 0 Å². The second-order valence-corrected chi connectivity index (χ2v) is 4.64. The van der Waals surface area contributed by atoms with Gasteiger partial charge in [-0.2, -0.15) is 4.98 Å². The minimum Gasteiger partial charge on any atom is -0.478 e. The fraction of sp³-hybridized carbons (Fsp3) is 0.0833. The molecule has 0 amide bonds. The second-order valence-electron chi connectivity index (χ2n) is 3.82. The van der Waals surface area contributed by atoms with E-state index in [-0.39, 0.29) is 22.0 Å². The molecule has 1 aromatic carbocycles. The lowest BCUT2D eigenvalue weighted by Gasteiger charge is -2.08. The number of aromatic nitrogens is 2. The maximum atomic E-state index is 11.4. The van der Waals surface area contributed by atoms with Crippen molar-refractivity contribution in [2.75, 3.05) is 0 Å². The van der Waals surface area contributed by atoms with Crippen LogP contribution in [0.2, 0.25) is 10.0 Å². The number of rotatable bonds is 2. The standard InChI is InChI=1S/C12H8Cl2N2O3/c1-5-9(11(17)18)10(16-12(19)15-5)6-2-3-7(13)8(14)4-6/h2-4H,1H3,(H,17,18)(H,15,16,19). The lowest BCUT2D eigenvalue weighted by molar-refractivity contribution is 0.0696. The van der Waals surface area contributed by atoms with Gasteiger partial charge in [0.05, 0.1) is 15.7 Å². The number of H-pyrrole nitrogens is 1. The van der Waals surface area contributed by atoms with Crippen LogP contribution in [0.4, 0.5) is 0 Å². The molecule has 0 bridgehead atoms. The van der Waals surface area contributed by atoms with Crippen LogP contribution in [-0.2, 0) is 0 Å². The molecule has 0 fully saturated rings. The summed E-state index contributed by atoms with van der Waals surface area (Å²) < 4.78 is 0. The van der Waals surface area contributed by atoms with E-state index in [4.69, 9.17) is 23.2 Å². The highest BCUT2D eigenvalue weighted by molar-refractivity contribution is 6.42. The molecule has 0 radical (unpaired) electrons. The molecule has 7 heteroatoms. The van der Waals surface area contributed by atoms with E-state index in [1.54, 1.807) is 6.07 Å². The second kappa shape index (κ2) is 5.03. The Balaban J connectivity index is 2.77. The summed E-state index contributed by atoms with van der Waals surface area (Å²) >= 11 is 11.7. The molecule has 0 aliphatic rings. The molecule has 2 rings (SSSR count). The molecule has 1 heterocycles. The molecule has 0 unspecified atom stereocenters. The molecular weight excluding hydrogens is 291 g/mol. The van der Waals surface area contributed by atoms with Crippen molar-refractivity contribution in [1.82, 2.24) is 9.97 Å². The Morgan fingerprint density at radius 2 is 2.00 bits per heavy atom. The first kappa shape index (κ1) is 13.6. The minimum absolute atomic E-state index is 0.0623. The van der Waals surface area contributed by atoms with Gasteiger partial charge in [-0.1, -0.05) is 29.3 Å². The summed E-state index contributed by atoms with van der Waals surface area (Å²) in [6.07, 6.45) is 0. The number of halogens is 2. The number of carboxylic acids is 1. The normalized spacial score (nSPS) is 10.5. The van der Waals surface area contributed by atoms with Crippen molar-refractivity contribution in [2.45, 2.75) is 6.92 Å². The van der Waals surface area contributed by atoms with Crippen LogP contribution in [0.15, 0.2) is 23.0 Å². The number of carbonyl (C=O) groups is 1. The van der Waals surface area contributed by atoms with Crippen LogP contribution in [0.5, 0.6) is 0 Å². The molecule has 98 valence electrons. The lowest BCUT2D eigenvalue weighted by Crippen LogP contribution is -2.18. The van der Waals surface area contributed by atoms with E-state index in [0.717, 1.165) is 0 Å². The summed E-state index contributed by atoms with van der Waals surface area (Å²) in [5.74, 6) is -1.18. The van der Waals surface area contributed by atoms with Crippen molar-refractivity contribution >= 4 is 29.2 Å². The van der Waals surface area contributed by atoms with Crippen molar-refractivity contribution in [3.8, 4) is 11.3 Å². The summed E-state index contributed by atoms with van der Waals surface area (Å²) in [5.41, 5.74) is 0.0171. The number of aryl methyl sites for hydroxylation is 1. The summed E-state index contributed by atoms with van der Waals surface area (Å²) in [5, 5.41) is 9.80. The molecule has 0 saturated carbocycles. The maximum Gasteiger partial charge on any atom is 0.345 e. The number of carboxylic acid groups (broad SMARTS) is 1. The van der Waals surface area contributed by atoms with E-state index in [1.807, 2.05) is 0 Å². The van der Waals surface area contributed by atoms with E-state index >= 15 is 0 Å². The van der Waals surface area contributed by atoms with Crippen molar-refractivity contribution in [3.05, 3.63) is 50.0 Å². The van der Waals surface area contributed by atoms with Crippen LogP contribution in [0.25, 0.3) is 11.3 Å². The Labute approximate surface area is 117 Å². The third-order valence-corrected chi connectivity index (χ3v) is 3.27. The van der Waals surface area contributed by atoms with Gasteiger partial charge in [0, 0.05) is 11.3 Å². The fourth-order valence-electron chi connectivity index (χ4n) is 1.70. The summed E-state index contributed by atoms with van der Waals surface area (Å²) in [6, 6.07) is 4.54. The molecule has 1 aromatic heterocycles. The van der Waals surface area contributed by atoms with E-state index in [9.17, 15) is 14.7 Å². The predicted octanol–water partition coefficient (Wildman–Crippen LogP) is 2.75. The molecular formula is C12H8Cl2N2O3. The average molecular weight is 299 g/mol. The van der Waals surface area contributed by atoms with Crippen LogP contribution < -0.4 is 5.69 Å². The molecule has 0 aliphatic carbocycles. The summed E-state index contributed by atoms with van der Waals surface area (Å²) in [7, 11) is 0. The summed E-state index contributed by atoms with van der Waals surface area (Å²) in [4.78, 5) is 28.7. The molecule has 2 N–H and O–H groups in total. The number of hydrogen-bond acceptors (Lipinski definition) is 3. The van der Waals surface area contributed by atoms with Gasteiger partial charge in [0.15, 0.2) is 0 Å². The quantitative estimate of drug-likeness (QED) is 0.893. The smallest absolute Gasteiger partial charge is 0.345 e. The number of nitrogens with zero attached hydrogens (tertiary/aromatic N) is 1. The number of benzene rings is 1. The molecule has 0 spiro atoms. The fourth-order valence-corrected chi connectivity index (χ4v) is 2.00. The van der Waals surface area contributed by atoms with Crippen molar-refractivity contribution in [1.29, 1.82) is 0 Å². The Kier molecular flexibility index (Phi) is 3.59. The minimum atomic E-state index is -1.18. The Hall–Kier alpha value is -1.85. The highest BCUT2D eigenvalue weighted by Gasteiger charge is 2.18. The molecule has 19 heavy (non-hydrogen) atoms. The lowest BCUT2D eigenvalue weighted by atomic mass is 10.0. The Bertz CT molecular complexity index is 725. The van der Waals surface area contributed by atoms with Crippen LogP contribution in [0.1, 0.15) is 16.1 Å². The third-order valence-electron chi connectivity index (χ3n) is 2.53. The Morgan fingerprint density at radius 3 is 2.58 bits per heavy atom. The van der Waals surface area contributed by atoms with E-state index in [2.05, 4.69) is 9.97 Å². The van der Waals surface area contributed by atoms with Crippen molar-refractivity contribution < 1.29 is 9.90 Å². The highest BCUT2D eigenvalue weighted by atomic mass is 35.5. The third kappa shape index (κ3) is 2.62. The van der Waals surface area contributed by atoms with Gasteiger partial charge in [0.1, 0.15) is 5.56 Å². The van der Waals surface area contributed by atoms with Crippen LogP contribution in [-0.4, -0.2) is 21.0 Å². The van der Waals surface area contributed by atoms with Gasteiger partial charge in [-0.3, -0.25) is 0 Å². The van der Waals surface area contributed by atoms with Crippen LogP contribution in [0.3, 0.4) is 0 Å². The van der Waals surface area contributed by atoms with Crippen LogP contribution in [0, 0.1) is 6.92 Å². The highest BCUT2D eigenvalue weighted by Crippen LogP contribution is 2.29. The maximum absolute atomic E-state index is 11.4. The molecule has 0 atom stereocenters. The van der Waals surface area contributed by atoms with E-state index < -0.39 is 11.7 Å². The van der Waals surface area contributed by atoms with E-state index in [1.165, 1.54) is 19.1 Å². The van der Waals surface area contributed by atoms with Crippen molar-refractivity contribution in [3.63, 3.8) is 0 Å². The monoisotopic (exact) mass is 298 g/mol. The van der Waals surface area contributed by atoms with Gasteiger partial charge in [0.2, 0.25) is 0 Å². The first-order valence-electron chi connectivity index (χ1n) is 5.20. The summed E-state index contributed by atoms with van der Waals surface area (Å²) in [6.45, 7) is 1.49. The zero-order valence-corrected chi connectivity index (χ0v) is 11.2. The zero-order chi connectivity index (χ0) is 14.2. The molecule has 0 aliphatic heterocycles. The number of aromatic amines is 1. The number of aromatic carboxylic acids is 1. The largest absolute Gasteiger partial charge is 0.478 e. The first-order valence-corrected chi connectivity index (χ1v) is 5.95. The van der Waals surface area contributed by atoms with Gasteiger partial charge in [-0.05, 0) is 19.1 Å². The van der Waals surface area contributed by atoms with E-state index in [0.29, 0.717) is 10.6 Å². The molecule has 2 aromatic rings. The first-order chi connectivity index (χ1) is 8.90. The Morgan fingerprint density at radius 1 is 1.32 bits per heavy atom. The van der Waals surface area contributed by atoms with Gasteiger partial charge in [-0.25, -0.2) is 9.59 Å². The van der Waals surface area contributed by atoms with Crippen LogP contribution >= 0.6 is 23.2 Å². The topological polar surface area (TPSA) is 83.0 Å². The zero-order valence-electron chi connectivity index (χ0n) is 9.70. The van der Waals surface area contributed by atoms with Crippen molar-refractivity contribution in [2.24, 2.45) is 0 Å². The van der Waals surface area contributed by atoms with Gasteiger partial charge >= 0.3 is 11.7 Å². The SMILES string of the molecule is Cc1[nH]c(=O)nc(-c2ccc(Cl)c(Cl)c2)c1C(=O)O. The average Bonchev–Trinajstić information content (AvgIpc) is 2.31. The number of hydrogen-bond donors (Lipinski definition) is 2. The number of nitrogens with one attached hydrogen (secondary N) is 1.